The van der Waals surface area contributed by atoms with Gasteiger partial charge in [-0.25, -0.2) is 0 Å². The van der Waals surface area contributed by atoms with E-state index < -0.39 is 17.6 Å². The lowest BCUT2D eigenvalue weighted by Crippen LogP contribution is -2.53. The van der Waals surface area contributed by atoms with Gasteiger partial charge in [-0.1, -0.05) is 0 Å². The number of rotatable bonds is 6. The van der Waals surface area contributed by atoms with E-state index in [1.54, 1.807) is 25.7 Å². The van der Waals surface area contributed by atoms with Crippen molar-refractivity contribution in [1.82, 2.24) is 4.90 Å². The molecule has 0 aliphatic heterocycles. The van der Waals surface area contributed by atoms with E-state index in [1.165, 1.54) is 0 Å². The van der Waals surface area contributed by atoms with Crippen LogP contribution >= 0.6 is 0 Å². The second-order valence-electron chi connectivity index (χ2n) is 3.88. The molecule has 0 rings (SSSR count). The molecule has 0 aromatic rings. The van der Waals surface area contributed by atoms with Gasteiger partial charge in [-0.2, -0.15) is 0 Å². The van der Waals surface area contributed by atoms with Gasteiger partial charge < -0.3 is 15.3 Å². The lowest BCUT2D eigenvalue weighted by molar-refractivity contribution is -0.150. The predicted molar refractivity (Wildman–Crippen MR) is 52.1 cm³/mol. The van der Waals surface area contributed by atoms with E-state index in [2.05, 4.69) is 0 Å². The number of aliphatic carboxylic acids is 1. The average Bonchev–Trinajstić information content (AvgIpc) is 2.02. The fourth-order valence-electron chi connectivity index (χ4n) is 1.17. The Morgan fingerprint density at radius 3 is 2.29 bits per heavy atom. The molecule has 0 radical (unpaired) electrons. The predicted octanol–water partition coefficient (Wildman–Crippen LogP) is -0.475. The number of β-amino-alcohol motifs (C(OH)–C–C–N with tert-alkyl or cyclic N) is 2. The minimum atomic E-state index is -1.07. The second kappa shape index (κ2) is 5.29. The number of aliphatic hydroxyl groups is 2. The largest absolute Gasteiger partial charge is 0.480 e. The lowest BCUT2D eigenvalue weighted by Gasteiger charge is -2.35. The van der Waals surface area contributed by atoms with Crippen LogP contribution in [0.4, 0.5) is 0 Å². The molecule has 3 N–H and O–H groups in total. The number of carboxylic acids is 1. The third kappa shape index (κ3) is 3.61. The van der Waals surface area contributed by atoms with E-state index in [9.17, 15) is 9.90 Å². The van der Waals surface area contributed by atoms with Crippen LogP contribution in [0.25, 0.3) is 0 Å². The zero-order valence-electron chi connectivity index (χ0n) is 8.90. The molecule has 0 saturated carbocycles. The lowest BCUT2D eigenvalue weighted by atomic mass is 10.0. The Balaban J connectivity index is 4.54. The van der Waals surface area contributed by atoms with Crippen molar-refractivity contribution in [3.05, 3.63) is 0 Å². The highest BCUT2D eigenvalue weighted by Crippen LogP contribution is 2.14. The normalized spacial score (nSPS) is 14.4. The van der Waals surface area contributed by atoms with Gasteiger partial charge in [0.25, 0.3) is 0 Å². The summed E-state index contributed by atoms with van der Waals surface area (Å²) in [5, 5.41) is 26.9. The molecule has 14 heavy (non-hydrogen) atoms. The Kier molecular flexibility index (Phi) is 5.04. The summed E-state index contributed by atoms with van der Waals surface area (Å²) in [5.41, 5.74) is -1.07. The standard InChI is InChI=1S/C9H19NO4/c1-7(12)6-10(4-5-11)9(2,3)8(13)14/h7,11-12H,4-6H2,1-3H3,(H,13,14). The molecule has 0 aromatic heterocycles. The van der Waals surface area contributed by atoms with Crippen molar-refractivity contribution in [3.8, 4) is 0 Å². The maximum atomic E-state index is 10.9. The van der Waals surface area contributed by atoms with E-state index in [0.29, 0.717) is 0 Å². The van der Waals surface area contributed by atoms with Crippen LogP contribution < -0.4 is 0 Å². The highest BCUT2D eigenvalue weighted by Gasteiger charge is 2.34. The highest BCUT2D eigenvalue weighted by molar-refractivity contribution is 5.77. The number of aliphatic hydroxyl groups excluding tert-OH is 2. The third-order valence-electron chi connectivity index (χ3n) is 2.17. The molecule has 0 spiro atoms. The minimum Gasteiger partial charge on any atom is -0.480 e. The number of hydrogen-bond donors (Lipinski definition) is 3. The van der Waals surface area contributed by atoms with Crippen LogP contribution in [0.5, 0.6) is 0 Å². The van der Waals surface area contributed by atoms with Crippen molar-refractivity contribution in [2.24, 2.45) is 0 Å². The Morgan fingerprint density at radius 1 is 1.50 bits per heavy atom. The molecule has 0 aromatic carbocycles. The molecule has 0 heterocycles. The van der Waals surface area contributed by atoms with Gasteiger partial charge in [-0.15, -0.1) is 0 Å². The Morgan fingerprint density at radius 2 is 2.00 bits per heavy atom. The first-order valence-electron chi connectivity index (χ1n) is 4.59. The molecule has 1 atom stereocenters. The topological polar surface area (TPSA) is 81.0 Å². The van der Waals surface area contributed by atoms with Gasteiger partial charge in [0.15, 0.2) is 0 Å². The summed E-state index contributed by atoms with van der Waals surface area (Å²) in [4.78, 5) is 12.5. The van der Waals surface area contributed by atoms with Gasteiger partial charge in [0.2, 0.25) is 0 Å². The van der Waals surface area contributed by atoms with E-state index >= 15 is 0 Å². The van der Waals surface area contributed by atoms with Gasteiger partial charge in [0.05, 0.1) is 12.7 Å². The van der Waals surface area contributed by atoms with E-state index in [4.69, 9.17) is 10.2 Å². The Hall–Kier alpha value is -0.650. The summed E-state index contributed by atoms with van der Waals surface area (Å²) in [6.45, 7) is 5.04. The van der Waals surface area contributed by atoms with Crippen LogP contribution in [0, 0.1) is 0 Å². The summed E-state index contributed by atoms with van der Waals surface area (Å²) in [6.07, 6.45) is -0.611. The molecule has 84 valence electrons. The monoisotopic (exact) mass is 205 g/mol. The van der Waals surface area contributed by atoms with Gasteiger partial charge in [0, 0.05) is 13.1 Å². The maximum absolute atomic E-state index is 10.9. The first-order valence-corrected chi connectivity index (χ1v) is 4.59. The van der Waals surface area contributed by atoms with Crippen LogP contribution in [0.1, 0.15) is 20.8 Å². The van der Waals surface area contributed by atoms with Crippen molar-refractivity contribution in [2.75, 3.05) is 19.7 Å². The fourth-order valence-corrected chi connectivity index (χ4v) is 1.17. The summed E-state index contributed by atoms with van der Waals surface area (Å²) < 4.78 is 0. The van der Waals surface area contributed by atoms with Crippen molar-refractivity contribution < 1.29 is 20.1 Å². The van der Waals surface area contributed by atoms with Crippen LogP contribution in [0.2, 0.25) is 0 Å². The van der Waals surface area contributed by atoms with Crippen LogP contribution in [0.3, 0.4) is 0 Å². The molecule has 0 bridgehead atoms. The van der Waals surface area contributed by atoms with Crippen molar-refractivity contribution in [3.63, 3.8) is 0 Å². The Bertz CT molecular complexity index is 191. The molecular weight excluding hydrogens is 186 g/mol. The molecule has 0 aliphatic rings. The zero-order chi connectivity index (χ0) is 11.4. The maximum Gasteiger partial charge on any atom is 0.323 e. The summed E-state index contributed by atoms with van der Waals surface area (Å²) in [5.74, 6) is -0.966. The summed E-state index contributed by atoms with van der Waals surface area (Å²) in [7, 11) is 0. The smallest absolute Gasteiger partial charge is 0.323 e. The van der Waals surface area contributed by atoms with Crippen LogP contribution in [0.15, 0.2) is 0 Å². The minimum absolute atomic E-state index is 0.122. The summed E-state index contributed by atoms with van der Waals surface area (Å²) >= 11 is 0. The van der Waals surface area contributed by atoms with E-state index in [-0.39, 0.29) is 19.7 Å². The van der Waals surface area contributed by atoms with Gasteiger partial charge >= 0.3 is 5.97 Å². The molecule has 0 amide bonds. The molecule has 0 aliphatic carbocycles. The van der Waals surface area contributed by atoms with Gasteiger partial charge in [0.1, 0.15) is 5.54 Å². The summed E-state index contributed by atoms with van der Waals surface area (Å²) in [6, 6.07) is 0. The number of nitrogens with zero attached hydrogens (tertiary/aromatic N) is 1. The van der Waals surface area contributed by atoms with Crippen LogP contribution in [-0.4, -0.2) is 57.5 Å². The number of carboxylic acid groups (broad SMARTS) is 1. The Labute approximate surface area is 84.0 Å². The quantitative estimate of drug-likeness (QED) is 0.546. The molecule has 5 heteroatoms. The van der Waals surface area contributed by atoms with E-state index in [0.717, 1.165) is 0 Å². The van der Waals surface area contributed by atoms with E-state index in [1.807, 2.05) is 0 Å². The highest BCUT2D eigenvalue weighted by atomic mass is 16.4. The number of hydrogen-bond acceptors (Lipinski definition) is 4. The van der Waals surface area contributed by atoms with Crippen molar-refractivity contribution in [1.29, 1.82) is 0 Å². The third-order valence-corrected chi connectivity index (χ3v) is 2.17. The van der Waals surface area contributed by atoms with Crippen molar-refractivity contribution >= 4 is 5.97 Å². The molecule has 5 nitrogen and oxygen atoms in total. The van der Waals surface area contributed by atoms with Crippen LogP contribution in [-0.2, 0) is 4.79 Å². The molecule has 0 fully saturated rings. The van der Waals surface area contributed by atoms with Gasteiger partial charge in [-0.05, 0) is 20.8 Å². The number of carbonyl (C=O) groups is 1. The molecular formula is C9H19NO4. The van der Waals surface area contributed by atoms with Gasteiger partial charge in [-0.3, -0.25) is 9.69 Å². The zero-order valence-corrected chi connectivity index (χ0v) is 8.90. The SMILES string of the molecule is CC(O)CN(CCO)C(C)(C)C(=O)O. The molecule has 0 saturated heterocycles. The molecule has 1 unspecified atom stereocenters. The fraction of sp³-hybridized carbons (Fsp3) is 0.889. The first kappa shape index (κ1) is 13.4. The second-order valence-corrected chi connectivity index (χ2v) is 3.88. The average molecular weight is 205 g/mol. The first-order chi connectivity index (χ1) is 6.32. The van der Waals surface area contributed by atoms with Crippen molar-refractivity contribution in [2.45, 2.75) is 32.4 Å².